The van der Waals surface area contributed by atoms with Crippen molar-refractivity contribution in [2.45, 2.75) is 13.8 Å². The number of carbonyl (C=O) groups excluding carboxylic acids is 2. The van der Waals surface area contributed by atoms with Crippen molar-refractivity contribution in [3.05, 3.63) is 65.5 Å². The molecule has 0 radical (unpaired) electrons. The Hall–Kier alpha value is -3.61. The molecule has 2 heterocycles. The average Bonchev–Trinajstić information content (AvgIpc) is 2.99. The number of rotatable bonds is 3. The Morgan fingerprint density at radius 2 is 2.00 bits per heavy atom. The van der Waals surface area contributed by atoms with Crippen molar-refractivity contribution in [1.29, 1.82) is 0 Å². The van der Waals surface area contributed by atoms with Gasteiger partial charge in [0, 0.05) is 11.3 Å². The summed E-state index contributed by atoms with van der Waals surface area (Å²) in [6, 6.07) is 14.4. The first kappa shape index (κ1) is 16.8. The molecule has 0 fully saturated rings. The van der Waals surface area contributed by atoms with E-state index in [2.05, 4.69) is 15.7 Å². The van der Waals surface area contributed by atoms with Crippen LogP contribution in [0.4, 0.5) is 11.4 Å². The molecule has 1 aromatic heterocycles. The first-order valence-electron chi connectivity index (χ1n) is 8.52. The molecular weight excluding hydrogens is 344 g/mol. The minimum Gasteiger partial charge on any atom is -0.482 e. The maximum absolute atomic E-state index is 12.8. The van der Waals surface area contributed by atoms with Gasteiger partial charge in [0.25, 0.3) is 11.8 Å². The Morgan fingerprint density at radius 3 is 2.78 bits per heavy atom. The Bertz CT molecular complexity index is 1060. The van der Waals surface area contributed by atoms with Gasteiger partial charge in [-0.15, -0.1) is 0 Å². The Morgan fingerprint density at radius 1 is 1.19 bits per heavy atom. The monoisotopic (exact) mass is 362 g/mol. The predicted octanol–water partition coefficient (Wildman–Crippen LogP) is 3.07. The lowest BCUT2D eigenvalue weighted by atomic mass is 10.1. The van der Waals surface area contributed by atoms with Gasteiger partial charge in [-0.05, 0) is 50.2 Å². The molecule has 0 unspecified atom stereocenters. The SMILES string of the molecule is Cc1cc(C)n(-c2ccccc2NC(=O)c2ccc3c(c2)OCC(=O)N3)n1. The van der Waals surface area contributed by atoms with E-state index in [4.69, 9.17) is 4.74 Å². The highest BCUT2D eigenvalue weighted by molar-refractivity contribution is 6.06. The van der Waals surface area contributed by atoms with Gasteiger partial charge in [0.1, 0.15) is 5.75 Å². The zero-order valence-electron chi connectivity index (χ0n) is 14.9. The van der Waals surface area contributed by atoms with Crippen molar-refractivity contribution in [3.63, 3.8) is 0 Å². The molecule has 27 heavy (non-hydrogen) atoms. The van der Waals surface area contributed by atoms with Crippen molar-refractivity contribution in [3.8, 4) is 11.4 Å². The van der Waals surface area contributed by atoms with Crippen LogP contribution >= 0.6 is 0 Å². The Labute approximate surface area is 156 Å². The van der Waals surface area contributed by atoms with Crippen LogP contribution in [0.5, 0.6) is 5.75 Å². The van der Waals surface area contributed by atoms with Crippen LogP contribution < -0.4 is 15.4 Å². The second-order valence-corrected chi connectivity index (χ2v) is 6.36. The molecule has 0 bridgehead atoms. The molecule has 1 aliphatic rings. The Kier molecular flexibility index (Phi) is 4.12. The maximum Gasteiger partial charge on any atom is 0.262 e. The van der Waals surface area contributed by atoms with Crippen LogP contribution in [0.2, 0.25) is 0 Å². The van der Waals surface area contributed by atoms with E-state index in [9.17, 15) is 9.59 Å². The molecule has 7 heteroatoms. The molecule has 2 amide bonds. The first-order chi connectivity index (χ1) is 13.0. The quantitative estimate of drug-likeness (QED) is 0.750. The zero-order chi connectivity index (χ0) is 19.0. The fourth-order valence-electron chi connectivity index (χ4n) is 3.05. The molecule has 2 aromatic carbocycles. The molecule has 0 saturated carbocycles. The molecule has 0 aliphatic carbocycles. The third-order valence-electron chi connectivity index (χ3n) is 4.27. The summed E-state index contributed by atoms with van der Waals surface area (Å²) in [7, 11) is 0. The lowest BCUT2D eigenvalue weighted by Crippen LogP contribution is -2.25. The average molecular weight is 362 g/mol. The Balaban J connectivity index is 1.63. The standard InChI is InChI=1S/C20H18N4O3/c1-12-9-13(2)24(23-12)17-6-4-3-5-15(17)22-20(26)14-7-8-16-18(10-14)27-11-19(25)21-16/h3-10H,11H2,1-2H3,(H,21,25)(H,22,26). The number of anilines is 2. The summed E-state index contributed by atoms with van der Waals surface area (Å²) >= 11 is 0. The zero-order valence-corrected chi connectivity index (χ0v) is 14.9. The molecule has 0 atom stereocenters. The number of nitrogens with one attached hydrogen (secondary N) is 2. The smallest absolute Gasteiger partial charge is 0.262 e. The van der Waals surface area contributed by atoms with Gasteiger partial charge in [0.05, 0.1) is 22.8 Å². The molecule has 0 saturated heterocycles. The summed E-state index contributed by atoms with van der Waals surface area (Å²) in [5, 5.41) is 10.1. The van der Waals surface area contributed by atoms with E-state index in [1.165, 1.54) is 0 Å². The number of hydrogen-bond donors (Lipinski definition) is 2. The number of benzene rings is 2. The van der Waals surface area contributed by atoms with Gasteiger partial charge >= 0.3 is 0 Å². The summed E-state index contributed by atoms with van der Waals surface area (Å²) in [5.74, 6) is -0.000114. The van der Waals surface area contributed by atoms with Gasteiger partial charge in [-0.25, -0.2) is 4.68 Å². The number of carbonyl (C=O) groups is 2. The van der Waals surface area contributed by atoms with E-state index in [0.29, 0.717) is 22.7 Å². The lowest BCUT2D eigenvalue weighted by Gasteiger charge is -2.18. The molecule has 7 nitrogen and oxygen atoms in total. The van der Waals surface area contributed by atoms with Crippen molar-refractivity contribution in [2.24, 2.45) is 0 Å². The van der Waals surface area contributed by atoms with Gasteiger partial charge in [0.2, 0.25) is 0 Å². The van der Waals surface area contributed by atoms with Crippen LogP contribution in [0.1, 0.15) is 21.7 Å². The normalized spacial score (nSPS) is 12.7. The third-order valence-corrected chi connectivity index (χ3v) is 4.27. The molecule has 136 valence electrons. The van der Waals surface area contributed by atoms with Crippen LogP contribution in [-0.2, 0) is 4.79 Å². The van der Waals surface area contributed by atoms with E-state index in [0.717, 1.165) is 17.1 Å². The fourth-order valence-corrected chi connectivity index (χ4v) is 3.05. The van der Waals surface area contributed by atoms with Gasteiger partial charge in [0.15, 0.2) is 6.61 Å². The number of hydrogen-bond acceptors (Lipinski definition) is 4. The number of ether oxygens (including phenoxy) is 1. The number of nitrogens with zero attached hydrogens (tertiary/aromatic N) is 2. The van der Waals surface area contributed by atoms with Crippen LogP contribution in [0.15, 0.2) is 48.5 Å². The highest BCUT2D eigenvalue weighted by Gasteiger charge is 2.18. The number of para-hydroxylation sites is 2. The maximum atomic E-state index is 12.8. The molecule has 0 spiro atoms. The van der Waals surface area contributed by atoms with Crippen molar-refractivity contribution in [1.82, 2.24) is 9.78 Å². The second-order valence-electron chi connectivity index (χ2n) is 6.36. The molecular formula is C20H18N4O3. The van der Waals surface area contributed by atoms with Gasteiger partial charge < -0.3 is 15.4 Å². The van der Waals surface area contributed by atoms with E-state index < -0.39 is 0 Å². The molecule has 2 N–H and O–H groups in total. The van der Waals surface area contributed by atoms with Crippen molar-refractivity contribution >= 4 is 23.2 Å². The summed E-state index contributed by atoms with van der Waals surface area (Å²) in [6.07, 6.45) is 0. The largest absolute Gasteiger partial charge is 0.482 e. The summed E-state index contributed by atoms with van der Waals surface area (Å²) in [5.41, 5.74) is 4.33. The fraction of sp³-hybridized carbons (Fsp3) is 0.150. The second kappa shape index (κ2) is 6.60. The van der Waals surface area contributed by atoms with Crippen LogP contribution in [-0.4, -0.2) is 28.2 Å². The number of aryl methyl sites for hydroxylation is 2. The number of aromatic nitrogens is 2. The highest BCUT2D eigenvalue weighted by atomic mass is 16.5. The van der Waals surface area contributed by atoms with Crippen LogP contribution in [0.3, 0.4) is 0 Å². The molecule has 1 aliphatic heterocycles. The van der Waals surface area contributed by atoms with E-state index >= 15 is 0 Å². The van der Waals surface area contributed by atoms with Crippen molar-refractivity contribution in [2.75, 3.05) is 17.2 Å². The first-order valence-corrected chi connectivity index (χ1v) is 8.52. The van der Waals surface area contributed by atoms with Gasteiger partial charge in [-0.1, -0.05) is 12.1 Å². The summed E-state index contributed by atoms with van der Waals surface area (Å²) in [6.45, 7) is 3.84. The number of fused-ring (bicyclic) bond motifs is 1. The topological polar surface area (TPSA) is 85.2 Å². The van der Waals surface area contributed by atoms with Gasteiger partial charge in [-0.3, -0.25) is 9.59 Å². The molecule has 3 aromatic rings. The molecule has 4 rings (SSSR count). The van der Waals surface area contributed by atoms with Gasteiger partial charge in [-0.2, -0.15) is 5.10 Å². The van der Waals surface area contributed by atoms with Crippen LogP contribution in [0, 0.1) is 13.8 Å². The number of amides is 2. The van der Waals surface area contributed by atoms with Crippen LogP contribution in [0.25, 0.3) is 5.69 Å². The minimum absolute atomic E-state index is 0.0567. The third kappa shape index (κ3) is 3.27. The lowest BCUT2D eigenvalue weighted by molar-refractivity contribution is -0.118. The van der Waals surface area contributed by atoms with E-state index in [-0.39, 0.29) is 18.4 Å². The van der Waals surface area contributed by atoms with Crippen molar-refractivity contribution < 1.29 is 14.3 Å². The summed E-state index contributed by atoms with van der Waals surface area (Å²) < 4.78 is 7.18. The van der Waals surface area contributed by atoms with E-state index in [1.54, 1.807) is 22.9 Å². The minimum atomic E-state index is -0.271. The summed E-state index contributed by atoms with van der Waals surface area (Å²) in [4.78, 5) is 24.1. The highest BCUT2D eigenvalue weighted by Crippen LogP contribution is 2.29. The predicted molar refractivity (Wildman–Crippen MR) is 102 cm³/mol. The van der Waals surface area contributed by atoms with E-state index in [1.807, 2.05) is 44.2 Å².